The van der Waals surface area contributed by atoms with Gasteiger partial charge in [0.05, 0.1) is 0 Å². The molecule has 6 heteroatoms. The molecule has 0 spiro atoms. The molecule has 1 aromatic rings. The summed E-state index contributed by atoms with van der Waals surface area (Å²) in [4.78, 5) is 11.7. The summed E-state index contributed by atoms with van der Waals surface area (Å²) in [5, 5.41) is 2.72. The van der Waals surface area contributed by atoms with Crippen LogP contribution in [0.5, 0.6) is 0 Å². The number of halogens is 3. The minimum atomic E-state index is -4.41. The summed E-state index contributed by atoms with van der Waals surface area (Å²) in [6, 6.07) is 9.94. The molecule has 1 saturated carbocycles. The number of nitrogens with one attached hydrogen (secondary N) is 1. The molecule has 1 aromatic carbocycles. The van der Waals surface area contributed by atoms with Crippen LogP contribution in [0.1, 0.15) is 31.2 Å². The molecular formula is C16H20F3NO2. The van der Waals surface area contributed by atoms with Crippen molar-refractivity contribution >= 4 is 5.91 Å². The van der Waals surface area contributed by atoms with Crippen LogP contribution >= 0.6 is 0 Å². The highest BCUT2D eigenvalue weighted by Gasteiger charge is 2.35. The lowest BCUT2D eigenvalue weighted by molar-refractivity contribution is -0.175. The van der Waals surface area contributed by atoms with Gasteiger partial charge in [0.1, 0.15) is 13.2 Å². The molecular weight excluding hydrogens is 295 g/mol. The Morgan fingerprint density at radius 3 is 2.41 bits per heavy atom. The van der Waals surface area contributed by atoms with Gasteiger partial charge >= 0.3 is 6.18 Å². The van der Waals surface area contributed by atoms with Crippen molar-refractivity contribution in [3.63, 3.8) is 0 Å². The smallest absolute Gasteiger partial charge is 0.362 e. The van der Waals surface area contributed by atoms with Gasteiger partial charge in [0, 0.05) is 12.0 Å². The zero-order valence-electron chi connectivity index (χ0n) is 12.3. The maximum atomic E-state index is 12.0. The molecule has 0 unspecified atom stereocenters. The highest BCUT2D eigenvalue weighted by atomic mass is 19.4. The second-order valence-corrected chi connectivity index (χ2v) is 5.74. The number of hydrogen-bond donors (Lipinski definition) is 1. The summed E-state index contributed by atoms with van der Waals surface area (Å²) in [5.74, 6) is -0.508. The van der Waals surface area contributed by atoms with E-state index in [1.54, 1.807) is 0 Å². The second-order valence-electron chi connectivity index (χ2n) is 5.74. The molecule has 1 N–H and O–H groups in total. The number of benzene rings is 1. The van der Waals surface area contributed by atoms with E-state index >= 15 is 0 Å². The maximum absolute atomic E-state index is 12.0. The Labute approximate surface area is 127 Å². The van der Waals surface area contributed by atoms with E-state index in [9.17, 15) is 18.0 Å². The number of ether oxygens (including phenoxy) is 1. The van der Waals surface area contributed by atoms with E-state index in [0.717, 1.165) is 25.7 Å². The quantitative estimate of drug-likeness (QED) is 0.875. The van der Waals surface area contributed by atoms with Gasteiger partial charge in [-0.1, -0.05) is 43.2 Å². The Bertz CT molecular complexity index is 482. The van der Waals surface area contributed by atoms with Crippen molar-refractivity contribution in [3.8, 4) is 0 Å². The van der Waals surface area contributed by atoms with Crippen LogP contribution in [0, 0.1) is 0 Å². The zero-order valence-corrected chi connectivity index (χ0v) is 12.3. The Hall–Kier alpha value is -1.56. The predicted octanol–water partition coefficient (Wildman–Crippen LogP) is 3.19. The van der Waals surface area contributed by atoms with E-state index in [2.05, 4.69) is 10.1 Å². The third-order valence-corrected chi connectivity index (χ3v) is 4.07. The van der Waals surface area contributed by atoms with E-state index in [1.807, 2.05) is 30.3 Å². The van der Waals surface area contributed by atoms with Gasteiger partial charge in [0.2, 0.25) is 5.91 Å². The zero-order chi connectivity index (χ0) is 16.1. The number of rotatable bonds is 6. The van der Waals surface area contributed by atoms with Crippen LogP contribution in [-0.2, 0) is 14.9 Å². The van der Waals surface area contributed by atoms with Crippen molar-refractivity contribution in [2.24, 2.45) is 0 Å². The third-order valence-electron chi connectivity index (χ3n) is 4.07. The van der Waals surface area contributed by atoms with Crippen molar-refractivity contribution in [1.82, 2.24) is 5.32 Å². The van der Waals surface area contributed by atoms with Crippen LogP contribution < -0.4 is 5.32 Å². The molecule has 0 atom stereocenters. The molecule has 0 bridgehead atoms. The fraction of sp³-hybridized carbons (Fsp3) is 0.562. The van der Waals surface area contributed by atoms with Crippen LogP contribution in [0.15, 0.2) is 30.3 Å². The van der Waals surface area contributed by atoms with Crippen molar-refractivity contribution in [2.75, 3.05) is 19.8 Å². The Morgan fingerprint density at radius 2 is 1.82 bits per heavy atom. The topological polar surface area (TPSA) is 38.3 Å². The molecule has 1 fully saturated rings. The average Bonchev–Trinajstić information content (AvgIpc) is 2.95. The monoisotopic (exact) mass is 315 g/mol. The summed E-state index contributed by atoms with van der Waals surface area (Å²) in [7, 11) is 0. The van der Waals surface area contributed by atoms with E-state index in [1.165, 1.54) is 5.56 Å². The molecule has 2 rings (SSSR count). The lowest BCUT2D eigenvalue weighted by Crippen LogP contribution is -2.40. The summed E-state index contributed by atoms with van der Waals surface area (Å²) < 4.78 is 40.3. The summed E-state index contributed by atoms with van der Waals surface area (Å²) in [6.07, 6.45) is -0.275. The molecule has 0 aromatic heterocycles. The van der Waals surface area contributed by atoms with Gasteiger partial charge in [0.15, 0.2) is 0 Å². The Kier molecular flexibility index (Phi) is 5.45. The lowest BCUT2D eigenvalue weighted by atomic mass is 9.79. The standard InChI is InChI=1S/C16H20F3NO2/c17-16(18,19)12-22-10-14(21)20-11-15(8-4-5-9-15)13-6-2-1-3-7-13/h1-3,6-7H,4-5,8-12H2,(H,20,21). The number of alkyl halides is 3. The van der Waals surface area contributed by atoms with E-state index < -0.39 is 25.3 Å². The van der Waals surface area contributed by atoms with Gasteiger partial charge in [-0.25, -0.2) is 0 Å². The molecule has 1 amide bonds. The van der Waals surface area contributed by atoms with Gasteiger partial charge < -0.3 is 10.1 Å². The van der Waals surface area contributed by atoms with Crippen LogP contribution in [-0.4, -0.2) is 31.8 Å². The second kappa shape index (κ2) is 7.13. The van der Waals surface area contributed by atoms with Gasteiger partial charge in [0.25, 0.3) is 0 Å². The molecule has 0 aliphatic heterocycles. The molecule has 1 aliphatic rings. The minimum Gasteiger partial charge on any atom is -0.362 e. The highest BCUT2D eigenvalue weighted by molar-refractivity contribution is 5.77. The van der Waals surface area contributed by atoms with Gasteiger partial charge in [-0.15, -0.1) is 0 Å². The molecule has 0 heterocycles. The van der Waals surface area contributed by atoms with Crippen LogP contribution in [0.4, 0.5) is 13.2 Å². The largest absolute Gasteiger partial charge is 0.411 e. The first-order valence-corrected chi connectivity index (χ1v) is 7.38. The van der Waals surface area contributed by atoms with Crippen molar-refractivity contribution in [2.45, 2.75) is 37.3 Å². The first-order chi connectivity index (χ1) is 10.4. The number of hydrogen-bond acceptors (Lipinski definition) is 2. The molecule has 1 aliphatic carbocycles. The van der Waals surface area contributed by atoms with Crippen LogP contribution in [0.3, 0.4) is 0 Å². The molecule has 22 heavy (non-hydrogen) atoms. The predicted molar refractivity (Wildman–Crippen MR) is 76.5 cm³/mol. The lowest BCUT2D eigenvalue weighted by Gasteiger charge is -2.30. The maximum Gasteiger partial charge on any atom is 0.411 e. The summed E-state index contributed by atoms with van der Waals surface area (Å²) in [6.45, 7) is -1.53. The summed E-state index contributed by atoms with van der Waals surface area (Å²) >= 11 is 0. The van der Waals surface area contributed by atoms with Gasteiger partial charge in [-0.3, -0.25) is 4.79 Å². The molecule has 0 saturated heterocycles. The molecule has 122 valence electrons. The molecule has 3 nitrogen and oxygen atoms in total. The van der Waals surface area contributed by atoms with E-state index in [4.69, 9.17) is 0 Å². The minimum absolute atomic E-state index is 0.110. The van der Waals surface area contributed by atoms with E-state index in [0.29, 0.717) is 6.54 Å². The van der Waals surface area contributed by atoms with Crippen molar-refractivity contribution in [3.05, 3.63) is 35.9 Å². The van der Waals surface area contributed by atoms with Gasteiger partial charge in [-0.2, -0.15) is 13.2 Å². The summed E-state index contributed by atoms with van der Waals surface area (Å²) in [5.41, 5.74) is 1.06. The normalized spacial score (nSPS) is 17.4. The van der Waals surface area contributed by atoms with Crippen LogP contribution in [0.2, 0.25) is 0 Å². The van der Waals surface area contributed by atoms with Crippen LogP contribution in [0.25, 0.3) is 0 Å². The Morgan fingerprint density at radius 1 is 1.18 bits per heavy atom. The third kappa shape index (κ3) is 4.73. The van der Waals surface area contributed by atoms with Gasteiger partial charge in [-0.05, 0) is 18.4 Å². The van der Waals surface area contributed by atoms with Crippen molar-refractivity contribution < 1.29 is 22.7 Å². The Balaban J connectivity index is 1.86. The first kappa shape index (κ1) is 16.8. The number of amides is 1. The van der Waals surface area contributed by atoms with E-state index in [-0.39, 0.29) is 5.41 Å². The molecule has 0 radical (unpaired) electrons. The fourth-order valence-electron chi connectivity index (χ4n) is 2.99. The number of carbonyl (C=O) groups excluding carboxylic acids is 1. The van der Waals surface area contributed by atoms with Crippen molar-refractivity contribution in [1.29, 1.82) is 0 Å². The number of carbonyl (C=O) groups is 1. The SMILES string of the molecule is O=C(COCC(F)(F)F)NCC1(c2ccccc2)CCCC1. The first-order valence-electron chi connectivity index (χ1n) is 7.38. The highest BCUT2D eigenvalue weighted by Crippen LogP contribution is 2.40. The average molecular weight is 315 g/mol. The fourth-order valence-corrected chi connectivity index (χ4v) is 2.99.